The average Bonchev–Trinajstić information content (AvgIpc) is 3.12. The van der Waals surface area contributed by atoms with Gasteiger partial charge in [-0.3, -0.25) is 0 Å². The normalized spacial score (nSPS) is 15.0. The van der Waals surface area contributed by atoms with E-state index in [0.717, 1.165) is 54.2 Å². The number of anilines is 2. The summed E-state index contributed by atoms with van der Waals surface area (Å²) in [7, 11) is 0. The molecule has 0 bridgehead atoms. The fourth-order valence-electron chi connectivity index (χ4n) is 3.97. The van der Waals surface area contributed by atoms with Crippen molar-refractivity contribution in [2.75, 3.05) is 23.7 Å². The zero-order valence-corrected chi connectivity index (χ0v) is 18.6. The van der Waals surface area contributed by atoms with Crippen molar-refractivity contribution in [2.24, 2.45) is 5.92 Å². The minimum atomic E-state index is 0.440. The van der Waals surface area contributed by atoms with E-state index in [4.69, 9.17) is 44.0 Å². The fraction of sp³-hybridized carbons (Fsp3) is 0.261. The van der Waals surface area contributed by atoms with Gasteiger partial charge in [0.1, 0.15) is 5.82 Å². The van der Waals surface area contributed by atoms with Crippen molar-refractivity contribution < 1.29 is 0 Å². The van der Waals surface area contributed by atoms with Gasteiger partial charge in [0, 0.05) is 18.7 Å². The van der Waals surface area contributed by atoms with E-state index in [1.165, 1.54) is 0 Å². The number of nitrogens with two attached hydrogens (primary N) is 1. The number of hydrogen-bond acceptors (Lipinski definition) is 5. The van der Waals surface area contributed by atoms with Gasteiger partial charge in [0.2, 0.25) is 5.95 Å². The van der Waals surface area contributed by atoms with Crippen LogP contribution >= 0.6 is 23.2 Å². The van der Waals surface area contributed by atoms with E-state index in [9.17, 15) is 0 Å². The monoisotopic (exact) mass is 452 g/mol. The number of fused-ring (bicyclic) bond motifs is 1. The number of nitrogen functional groups attached to an aromatic ring is 1. The summed E-state index contributed by atoms with van der Waals surface area (Å²) in [6, 6.07) is 15.3. The maximum Gasteiger partial charge on any atom is 0.228 e. The molecule has 8 heteroatoms. The zero-order valence-electron chi connectivity index (χ0n) is 17.1. The number of halogens is 2. The van der Waals surface area contributed by atoms with Crippen LogP contribution in [-0.4, -0.2) is 32.8 Å². The highest BCUT2D eigenvalue weighted by molar-refractivity contribution is 6.42. The Bertz CT molecular complexity index is 1250. The number of aromatic nitrogens is 4. The molecular formula is C23H22Cl2N6. The Morgan fingerprint density at radius 3 is 2.42 bits per heavy atom. The summed E-state index contributed by atoms with van der Waals surface area (Å²) in [6.45, 7) is 4.16. The second-order valence-corrected chi connectivity index (χ2v) is 8.82. The molecule has 1 aliphatic heterocycles. The highest BCUT2D eigenvalue weighted by Crippen LogP contribution is 2.35. The van der Waals surface area contributed by atoms with Crippen molar-refractivity contribution in [3.05, 3.63) is 58.6 Å². The number of piperidine rings is 1. The van der Waals surface area contributed by atoms with Crippen LogP contribution in [0.1, 0.15) is 19.8 Å². The van der Waals surface area contributed by atoms with Gasteiger partial charge in [-0.1, -0.05) is 60.5 Å². The van der Waals surface area contributed by atoms with Crippen molar-refractivity contribution in [1.82, 2.24) is 19.7 Å². The molecule has 6 nitrogen and oxygen atoms in total. The Labute approximate surface area is 190 Å². The third-order valence-electron chi connectivity index (χ3n) is 5.82. The lowest BCUT2D eigenvalue weighted by Gasteiger charge is -2.30. The van der Waals surface area contributed by atoms with E-state index in [-0.39, 0.29) is 0 Å². The van der Waals surface area contributed by atoms with Gasteiger partial charge in [-0.15, -0.1) is 5.10 Å². The summed E-state index contributed by atoms with van der Waals surface area (Å²) in [5.41, 5.74) is 9.61. The predicted octanol–water partition coefficient (Wildman–Crippen LogP) is 5.61. The van der Waals surface area contributed by atoms with Crippen LogP contribution in [0.4, 0.5) is 11.8 Å². The molecule has 0 saturated carbocycles. The van der Waals surface area contributed by atoms with Crippen molar-refractivity contribution in [2.45, 2.75) is 19.8 Å². The molecule has 4 aromatic rings. The minimum absolute atomic E-state index is 0.440. The standard InChI is InChI=1S/C23H22Cl2N6/c1-14-9-11-30(12-10-14)23-27-20(15-5-3-2-4-6-15)19-21(26)31(29-22(19)28-23)16-7-8-17(24)18(25)13-16/h2-8,13-14H,9-12,26H2,1H3. The van der Waals surface area contributed by atoms with Gasteiger partial charge in [0.15, 0.2) is 5.65 Å². The number of hydrogen-bond donors (Lipinski definition) is 1. The van der Waals surface area contributed by atoms with E-state index < -0.39 is 0 Å². The van der Waals surface area contributed by atoms with E-state index in [2.05, 4.69) is 11.8 Å². The molecule has 0 atom stereocenters. The number of rotatable bonds is 3. The van der Waals surface area contributed by atoms with Crippen molar-refractivity contribution in [1.29, 1.82) is 0 Å². The highest BCUT2D eigenvalue weighted by Gasteiger charge is 2.23. The Balaban J connectivity index is 1.71. The van der Waals surface area contributed by atoms with Crippen molar-refractivity contribution >= 4 is 46.0 Å². The average molecular weight is 453 g/mol. The van der Waals surface area contributed by atoms with Crippen LogP contribution in [0.25, 0.3) is 28.0 Å². The summed E-state index contributed by atoms with van der Waals surface area (Å²) in [5, 5.41) is 6.37. The Morgan fingerprint density at radius 1 is 0.968 bits per heavy atom. The van der Waals surface area contributed by atoms with Gasteiger partial charge in [-0.25, -0.2) is 9.67 Å². The molecule has 0 unspecified atom stereocenters. The maximum absolute atomic E-state index is 6.57. The largest absolute Gasteiger partial charge is 0.383 e. The van der Waals surface area contributed by atoms with Gasteiger partial charge >= 0.3 is 0 Å². The summed E-state index contributed by atoms with van der Waals surface area (Å²) < 4.78 is 1.65. The first-order valence-electron chi connectivity index (χ1n) is 10.3. The highest BCUT2D eigenvalue weighted by atomic mass is 35.5. The van der Waals surface area contributed by atoms with E-state index in [1.807, 2.05) is 36.4 Å². The molecule has 2 N–H and O–H groups in total. The Morgan fingerprint density at radius 2 is 1.71 bits per heavy atom. The molecule has 1 aliphatic rings. The number of benzene rings is 2. The molecule has 0 aliphatic carbocycles. The second-order valence-electron chi connectivity index (χ2n) is 8.00. The molecule has 158 valence electrons. The summed E-state index contributed by atoms with van der Waals surface area (Å²) in [4.78, 5) is 12.0. The van der Waals surface area contributed by atoms with Gasteiger partial charge in [-0.05, 0) is 37.0 Å². The lowest BCUT2D eigenvalue weighted by Crippen LogP contribution is -2.34. The van der Waals surface area contributed by atoms with Gasteiger partial charge in [0.05, 0.1) is 26.8 Å². The summed E-state index contributed by atoms with van der Waals surface area (Å²) in [5.74, 6) is 1.88. The van der Waals surface area contributed by atoms with E-state index in [0.29, 0.717) is 27.5 Å². The summed E-state index contributed by atoms with van der Waals surface area (Å²) >= 11 is 12.3. The Hall–Kier alpha value is -2.83. The van der Waals surface area contributed by atoms with Crippen LogP contribution in [0.3, 0.4) is 0 Å². The van der Waals surface area contributed by atoms with E-state index >= 15 is 0 Å². The van der Waals surface area contributed by atoms with Crippen LogP contribution in [0, 0.1) is 5.92 Å². The van der Waals surface area contributed by atoms with Crippen LogP contribution in [0.5, 0.6) is 0 Å². The lowest BCUT2D eigenvalue weighted by atomic mass is 9.99. The molecule has 1 saturated heterocycles. The van der Waals surface area contributed by atoms with Gasteiger partial charge in [0.25, 0.3) is 0 Å². The first-order valence-corrected chi connectivity index (χ1v) is 11.1. The van der Waals surface area contributed by atoms with E-state index in [1.54, 1.807) is 16.8 Å². The molecule has 1 fully saturated rings. The third-order valence-corrected chi connectivity index (χ3v) is 6.56. The van der Waals surface area contributed by atoms with Crippen LogP contribution in [0.2, 0.25) is 10.0 Å². The second kappa shape index (κ2) is 8.02. The first-order chi connectivity index (χ1) is 15.0. The molecule has 2 aromatic carbocycles. The molecule has 5 rings (SSSR count). The molecular weight excluding hydrogens is 431 g/mol. The molecule has 0 amide bonds. The topological polar surface area (TPSA) is 72.9 Å². The molecule has 0 spiro atoms. The van der Waals surface area contributed by atoms with Crippen molar-refractivity contribution in [3.8, 4) is 16.9 Å². The van der Waals surface area contributed by atoms with Crippen LogP contribution in [-0.2, 0) is 0 Å². The SMILES string of the molecule is CC1CCN(c2nc(-c3ccccc3)c3c(N)n(-c4ccc(Cl)c(Cl)c4)nc3n2)CC1. The quantitative estimate of drug-likeness (QED) is 0.437. The van der Waals surface area contributed by atoms with Gasteiger partial charge < -0.3 is 10.6 Å². The van der Waals surface area contributed by atoms with Crippen molar-refractivity contribution in [3.63, 3.8) is 0 Å². The molecule has 3 heterocycles. The summed E-state index contributed by atoms with van der Waals surface area (Å²) in [6.07, 6.45) is 2.25. The molecule has 2 aromatic heterocycles. The molecule has 31 heavy (non-hydrogen) atoms. The Kier molecular flexibility index (Phi) is 5.20. The first kappa shape index (κ1) is 20.1. The lowest BCUT2D eigenvalue weighted by molar-refractivity contribution is 0.435. The van der Waals surface area contributed by atoms with Gasteiger partial charge in [-0.2, -0.15) is 4.98 Å². The van der Waals surface area contributed by atoms with Crippen LogP contribution in [0.15, 0.2) is 48.5 Å². The van der Waals surface area contributed by atoms with Crippen LogP contribution < -0.4 is 10.6 Å². The smallest absolute Gasteiger partial charge is 0.228 e. The number of nitrogens with zero attached hydrogens (tertiary/aromatic N) is 5. The fourth-order valence-corrected chi connectivity index (χ4v) is 4.26. The maximum atomic E-state index is 6.57. The third kappa shape index (κ3) is 3.70. The minimum Gasteiger partial charge on any atom is -0.383 e. The molecule has 0 radical (unpaired) electrons. The zero-order chi connectivity index (χ0) is 21.5. The predicted molar refractivity (Wildman–Crippen MR) is 127 cm³/mol.